The number of hydrogen-bond acceptors (Lipinski definition) is 22. The molecular weight excluding hydrogens is 860 g/mol. The molecule has 7 rings (SSSR count). The lowest BCUT2D eigenvalue weighted by Gasteiger charge is -2.39. The van der Waals surface area contributed by atoms with Crippen LogP contribution < -0.4 is 5.32 Å². The van der Waals surface area contributed by atoms with Crippen LogP contribution in [0.25, 0.3) is 0 Å². The summed E-state index contributed by atoms with van der Waals surface area (Å²) in [7, 11) is 0. The summed E-state index contributed by atoms with van der Waals surface area (Å²) in [5.74, 6) is -4.40. The van der Waals surface area contributed by atoms with E-state index in [0.29, 0.717) is 83.4 Å². The van der Waals surface area contributed by atoms with Crippen LogP contribution in [0.1, 0.15) is 24.6 Å². The number of anilines is 1. The fourth-order valence-corrected chi connectivity index (χ4v) is 8.10. The maximum Gasteiger partial charge on any atom is 0.619 e. The van der Waals surface area contributed by atoms with Gasteiger partial charge in [0, 0.05) is 63.5 Å². The maximum absolute atomic E-state index is 13.5. The Kier molecular flexibility index (Phi) is 16.8. The Morgan fingerprint density at radius 1 is 0.754 bits per heavy atom. The molecule has 1 amide bonds. The first-order valence-electron chi connectivity index (χ1n) is 21.8. The number of aliphatic hydroxyl groups is 3. The Labute approximate surface area is 374 Å². The second-order valence-corrected chi connectivity index (χ2v) is 16.6. The molecule has 1 aromatic heterocycles. The molecule has 5 unspecified atom stereocenters. The molecule has 358 valence electrons. The zero-order valence-electron chi connectivity index (χ0n) is 36.3. The number of ether oxygens (including phenoxy) is 8. The monoisotopic (exact) mass is 918 g/mol. The predicted octanol–water partition coefficient (Wildman–Crippen LogP) is -3.11. The highest BCUT2D eigenvalue weighted by Gasteiger charge is 2.52. The van der Waals surface area contributed by atoms with Crippen molar-refractivity contribution in [1.29, 1.82) is 0 Å². The van der Waals surface area contributed by atoms with Crippen LogP contribution in [0.15, 0.2) is 30.5 Å². The Balaban J connectivity index is 0.834. The first-order valence-corrected chi connectivity index (χ1v) is 21.8. The first kappa shape index (κ1) is 48.2. The summed E-state index contributed by atoms with van der Waals surface area (Å²) in [4.78, 5) is 73.2. The first-order chi connectivity index (χ1) is 31.3. The number of aliphatic hydroxyl groups excluding tert-OH is 3. The van der Waals surface area contributed by atoms with E-state index in [1.807, 2.05) is 31.7 Å². The number of esters is 4. The highest BCUT2D eigenvalue weighted by Crippen LogP contribution is 2.27. The number of hydrogen-bond donors (Lipinski definition) is 4. The molecule has 5 bridgehead atoms. The van der Waals surface area contributed by atoms with Gasteiger partial charge in [0.15, 0.2) is 6.29 Å². The molecule has 0 radical (unpaired) electrons. The summed E-state index contributed by atoms with van der Waals surface area (Å²) in [5, 5.41) is 41.1. The van der Waals surface area contributed by atoms with Crippen molar-refractivity contribution in [3.63, 3.8) is 0 Å². The Hall–Kier alpha value is -4.73. The minimum absolute atomic E-state index is 0.121. The molecule has 0 saturated carbocycles. The third-order valence-electron chi connectivity index (χ3n) is 11.7. The van der Waals surface area contributed by atoms with Crippen LogP contribution in [-0.4, -0.2) is 222 Å². The summed E-state index contributed by atoms with van der Waals surface area (Å²) in [6.07, 6.45) is -5.08. The fraction of sp³-hybridized carbons (Fsp3) is 0.683. The number of carbonyl (C=O) groups excluding carboxylic acids is 5. The third kappa shape index (κ3) is 13.9. The molecule has 5 saturated heterocycles. The molecule has 1 aromatic carbocycles. The quantitative estimate of drug-likeness (QED) is 0.0958. The number of carbonyl (C=O) groups is 5. The van der Waals surface area contributed by atoms with Crippen LogP contribution in [0.2, 0.25) is 0 Å². The topological polar surface area (TPSA) is 276 Å². The van der Waals surface area contributed by atoms with E-state index in [0.717, 1.165) is 5.56 Å². The maximum atomic E-state index is 13.5. The van der Waals surface area contributed by atoms with Gasteiger partial charge in [-0.05, 0) is 24.1 Å². The van der Waals surface area contributed by atoms with Crippen LogP contribution in [-0.2, 0) is 81.4 Å². The summed E-state index contributed by atoms with van der Waals surface area (Å²) >= 11 is 0. The normalized spacial score (nSPS) is 32.1. The van der Waals surface area contributed by atoms with Crippen LogP contribution in [0, 0.1) is 5.92 Å². The van der Waals surface area contributed by atoms with Crippen molar-refractivity contribution in [3.05, 3.63) is 41.7 Å². The largest absolute Gasteiger partial charge is 0.619 e. The average molecular weight is 919 g/mol. The van der Waals surface area contributed by atoms with Crippen LogP contribution in [0.5, 0.6) is 0 Å². The zero-order chi connectivity index (χ0) is 45.9. The SMILES string of the molecule is C[C@@H]1[C@H](O)[C@H](O)O[C@@H](Cn2cc(COCCOCCOCCC(=O)Nc3ccc(CC4CN5CCN6CCN7CCN4CC(=O)O[C@@](OC(=O)C6)(OC(=O)C7)OC(=O)C5)cc3)nn2)[C@H]1O. The number of fused-ring (bicyclic) bond motifs is 12. The molecule has 24 heteroatoms. The molecule has 2 aromatic rings. The van der Waals surface area contributed by atoms with E-state index in [1.54, 1.807) is 25.3 Å². The molecular formula is C41H58N8O16. The molecule has 1 spiro atoms. The second kappa shape index (κ2) is 22.6. The van der Waals surface area contributed by atoms with Gasteiger partial charge in [0.05, 0.1) is 91.1 Å². The van der Waals surface area contributed by atoms with Gasteiger partial charge >= 0.3 is 30.0 Å². The highest BCUT2D eigenvalue weighted by atomic mass is 17.0. The molecule has 5 fully saturated rings. The van der Waals surface area contributed by atoms with E-state index in [2.05, 4.69) is 15.6 Å². The van der Waals surface area contributed by atoms with Crippen LogP contribution in [0.4, 0.5) is 5.69 Å². The van der Waals surface area contributed by atoms with Gasteiger partial charge in [0.25, 0.3) is 0 Å². The molecule has 24 nitrogen and oxygen atoms in total. The van der Waals surface area contributed by atoms with E-state index in [1.165, 1.54) is 4.68 Å². The van der Waals surface area contributed by atoms with Gasteiger partial charge in [-0.2, -0.15) is 0 Å². The number of nitrogens with zero attached hydrogens (tertiary/aromatic N) is 7. The van der Waals surface area contributed by atoms with Crippen molar-refractivity contribution in [2.75, 3.05) is 110 Å². The number of amides is 1. The van der Waals surface area contributed by atoms with Crippen molar-refractivity contribution in [3.8, 4) is 0 Å². The third-order valence-corrected chi connectivity index (χ3v) is 11.7. The Morgan fingerprint density at radius 3 is 1.98 bits per heavy atom. The molecule has 6 heterocycles. The molecule has 11 atom stereocenters. The molecule has 5 aliphatic heterocycles. The van der Waals surface area contributed by atoms with Gasteiger partial charge in [-0.3, -0.25) is 43.6 Å². The minimum atomic E-state index is -3.00. The van der Waals surface area contributed by atoms with Crippen molar-refractivity contribution in [2.24, 2.45) is 5.92 Å². The molecule has 5 aliphatic rings. The number of nitrogens with one attached hydrogen (secondary N) is 1. The van der Waals surface area contributed by atoms with Crippen molar-refractivity contribution in [2.45, 2.75) is 69.7 Å². The average Bonchev–Trinajstić information content (AvgIpc) is 3.68. The standard InChI is InChI=1S/C41H58N8O16/c1-27-38(55)32(61-40(57)39(27)56)21-49-19-30(43-44-49)26-60-17-16-59-15-14-58-13-6-33(50)42-29-4-2-28(3-5-29)18-31-20-47-10-9-45-7-8-46-11-12-48(31)25-37(54)65-41(62-34(51)22-45,63-35(52)23-46)64-36(53)24-47/h2-5,19,27,31-32,38-40,55-57H,6-18,20-26H2,1H3,(H,42,50)/t27-,31?,32-,38-,39-,40+,41-/m0/s1. The second-order valence-electron chi connectivity index (χ2n) is 16.6. The summed E-state index contributed by atoms with van der Waals surface area (Å²) in [6, 6.07) is 7.04. The smallest absolute Gasteiger partial charge is 0.390 e. The van der Waals surface area contributed by atoms with Gasteiger partial charge in [-0.25, -0.2) is 4.68 Å². The lowest BCUT2D eigenvalue weighted by molar-refractivity contribution is -0.431. The van der Waals surface area contributed by atoms with E-state index in [4.69, 9.17) is 37.9 Å². The lowest BCUT2D eigenvalue weighted by atomic mass is 9.91. The Morgan fingerprint density at radius 2 is 1.32 bits per heavy atom. The van der Waals surface area contributed by atoms with Gasteiger partial charge in [0.2, 0.25) is 5.91 Å². The minimum Gasteiger partial charge on any atom is -0.390 e. The zero-order valence-corrected chi connectivity index (χ0v) is 36.3. The molecule has 65 heavy (non-hydrogen) atoms. The highest BCUT2D eigenvalue weighted by molar-refractivity contribution is 5.90. The van der Waals surface area contributed by atoms with Crippen molar-refractivity contribution >= 4 is 35.5 Å². The molecule has 4 N–H and O–H groups in total. The van der Waals surface area contributed by atoms with Crippen molar-refractivity contribution < 1.29 is 77.2 Å². The van der Waals surface area contributed by atoms with Crippen LogP contribution in [0.3, 0.4) is 0 Å². The predicted molar refractivity (Wildman–Crippen MR) is 219 cm³/mol. The van der Waals surface area contributed by atoms with Gasteiger partial charge < -0.3 is 58.5 Å². The Bertz CT molecular complexity index is 1940. The summed E-state index contributed by atoms with van der Waals surface area (Å²) in [5.41, 5.74) is 2.05. The molecule has 0 aliphatic carbocycles. The lowest BCUT2D eigenvalue weighted by Crippen LogP contribution is -2.54. The summed E-state index contributed by atoms with van der Waals surface area (Å²) < 4.78 is 45.1. The van der Waals surface area contributed by atoms with Crippen molar-refractivity contribution in [1.82, 2.24) is 34.6 Å². The van der Waals surface area contributed by atoms with E-state index < -0.39 is 60.6 Å². The number of aromatic nitrogens is 3. The van der Waals surface area contributed by atoms with Gasteiger partial charge in [0.1, 0.15) is 17.9 Å². The summed E-state index contributed by atoms with van der Waals surface area (Å²) in [6.45, 7) is 5.16. The number of rotatable bonds is 16. The van der Waals surface area contributed by atoms with Gasteiger partial charge in [-0.1, -0.05) is 24.3 Å². The van der Waals surface area contributed by atoms with E-state index >= 15 is 0 Å². The van der Waals surface area contributed by atoms with Crippen LogP contribution >= 0.6 is 0 Å². The van der Waals surface area contributed by atoms with E-state index in [-0.39, 0.29) is 70.9 Å². The van der Waals surface area contributed by atoms with Gasteiger partial charge in [-0.15, -0.1) is 5.10 Å². The van der Waals surface area contributed by atoms with E-state index in [9.17, 15) is 39.3 Å². The number of benzene rings is 1. The fourth-order valence-electron chi connectivity index (χ4n) is 8.10.